The molecule has 0 spiro atoms. The smallest absolute Gasteiger partial charge is 0.326 e. The number of hydrogen-bond acceptors (Lipinski definition) is 6. The number of carbonyl (C=O) groups excluding carboxylic acids is 3. The maximum atomic E-state index is 12.2. The largest absolute Gasteiger partial charge is 0.480 e. The summed E-state index contributed by atoms with van der Waals surface area (Å²) in [5, 5.41) is 25.7. The summed E-state index contributed by atoms with van der Waals surface area (Å²) in [5.74, 6) is -3.40. The fraction of sp³-hybridized carbons (Fsp3) is 0.765. The van der Waals surface area contributed by atoms with E-state index in [-0.39, 0.29) is 11.8 Å². The zero-order chi connectivity index (χ0) is 21.3. The summed E-state index contributed by atoms with van der Waals surface area (Å²) < 4.78 is 0. The normalized spacial score (nSPS) is 15.6. The third kappa shape index (κ3) is 9.34. The van der Waals surface area contributed by atoms with Crippen LogP contribution in [0.15, 0.2) is 0 Å². The number of amides is 3. The van der Waals surface area contributed by atoms with Gasteiger partial charge in [-0.15, -0.1) is 0 Å². The van der Waals surface area contributed by atoms with E-state index in [0.29, 0.717) is 6.42 Å². The molecule has 0 saturated carbocycles. The Morgan fingerprint density at radius 3 is 1.89 bits per heavy atom. The van der Waals surface area contributed by atoms with E-state index in [2.05, 4.69) is 16.0 Å². The molecule has 0 aromatic heterocycles. The maximum absolute atomic E-state index is 12.2. The summed E-state index contributed by atoms with van der Waals surface area (Å²) in [5.41, 5.74) is 5.76. The minimum Gasteiger partial charge on any atom is -0.480 e. The molecule has 10 nitrogen and oxygen atoms in total. The van der Waals surface area contributed by atoms with Crippen LogP contribution in [0.4, 0.5) is 0 Å². The number of rotatable bonds is 11. The molecule has 7 N–H and O–H groups in total. The second kappa shape index (κ2) is 11.5. The summed E-state index contributed by atoms with van der Waals surface area (Å²) in [6, 6.07) is -3.20. The maximum Gasteiger partial charge on any atom is 0.326 e. The molecule has 10 heteroatoms. The van der Waals surface area contributed by atoms with Crippen LogP contribution in [0.25, 0.3) is 0 Å². The zero-order valence-corrected chi connectivity index (χ0v) is 16.5. The first-order valence-corrected chi connectivity index (χ1v) is 8.90. The van der Waals surface area contributed by atoms with Crippen LogP contribution in [0, 0.1) is 11.8 Å². The number of carbonyl (C=O) groups is 4. The number of nitrogens with two attached hydrogens (primary N) is 1. The lowest BCUT2D eigenvalue weighted by Crippen LogP contribution is -2.57. The van der Waals surface area contributed by atoms with Crippen molar-refractivity contribution in [3.63, 3.8) is 0 Å². The van der Waals surface area contributed by atoms with Gasteiger partial charge < -0.3 is 31.9 Å². The molecule has 0 saturated heterocycles. The number of aliphatic hydroxyl groups excluding tert-OH is 1. The van der Waals surface area contributed by atoms with Crippen LogP contribution in [0.5, 0.6) is 0 Å². The Bertz CT molecular complexity index is 536. The zero-order valence-electron chi connectivity index (χ0n) is 16.5. The lowest BCUT2D eigenvalue weighted by Gasteiger charge is -2.23. The average Bonchev–Trinajstić information content (AvgIpc) is 2.53. The Morgan fingerprint density at radius 2 is 1.48 bits per heavy atom. The fourth-order valence-corrected chi connectivity index (χ4v) is 2.30. The lowest BCUT2D eigenvalue weighted by atomic mass is 10.0. The number of hydrogen-bond donors (Lipinski definition) is 6. The molecule has 4 atom stereocenters. The Labute approximate surface area is 159 Å². The third-order valence-electron chi connectivity index (χ3n) is 3.80. The van der Waals surface area contributed by atoms with Gasteiger partial charge in [-0.25, -0.2) is 4.79 Å². The molecule has 0 radical (unpaired) electrons. The van der Waals surface area contributed by atoms with E-state index in [1.165, 1.54) is 6.92 Å². The topological polar surface area (TPSA) is 171 Å². The molecule has 0 aliphatic heterocycles. The van der Waals surface area contributed by atoms with Crippen LogP contribution in [0.2, 0.25) is 0 Å². The summed E-state index contributed by atoms with van der Waals surface area (Å²) in [7, 11) is 0. The van der Waals surface area contributed by atoms with E-state index < -0.39 is 54.5 Å². The molecule has 0 aliphatic carbocycles. The molecule has 0 aromatic carbocycles. The van der Waals surface area contributed by atoms with Crippen molar-refractivity contribution in [2.24, 2.45) is 17.6 Å². The molecule has 0 aromatic rings. The monoisotopic (exact) mass is 388 g/mol. The number of carboxylic acids is 1. The predicted octanol–water partition coefficient (Wildman–Crippen LogP) is -1.43. The highest BCUT2D eigenvalue weighted by molar-refractivity contribution is 5.92. The minimum atomic E-state index is -1.29. The van der Waals surface area contributed by atoms with Gasteiger partial charge in [0.1, 0.15) is 12.1 Å². The molecule has 0 rings (SSSR count). The van der Waals surface area contributed by atoms with Crippen LogP contribution < -0.4 is 21.7 Å². The van der Waals surface area contributed by atoms with Crippen molar-refractivity contribution in [2.75, 3.05) is 6.54 Å². The highest BCUT2D eigenvalue weighted by Crippen LogP contribution is 2.04. The quantitative estimate of drug-likeness (QED) is 0.252. The van der Waals surface area contributed by atoms with E-state index in [1.54, 1.807) is 13.8 Å². The van der Waals surface area contributed by atoms with Crippen LogP contribution >= 0.6 is 0 Å². The van der Waals surface area contributed by atoms with E-state index in [1.807, 2.05) is 13.8 Å². The summed E-state index contributed by atoms with van der Waals surface area (Å²) in [6.45, 7) is 7.89. The van der Waals surface area contributed by atoms with E-state index in [4.69, 9.17) is 10.8 Å². The number of nitrogens with one attached hydrogen (secondary N) is 3. The molecule has 156 valence electrons. The molecular weight excluding hydrogens is 356 g/mol. The highest BCUT2D eigenvalue weighted by atomic mass is 16.4. The Balaban J connectivity index is 4.74. The predicted molar refractivity (Wildman–Crippen MR) is 98.5 cm³/mol. The molecular formula is C17H32N4O6. The Morgan fingerprint density at radius 1 is 0.926 bits per heavy atom. The van der Waals surface area contributed by atoms with Crippen molar-refractivity contribution in [2.45, 2.75) is 65.3 Å². The Kier molecular flexibility index (Phi) is 10.6. The van der Waals surface area contributed by atoms with Gasteiger partial charge in [-0.1, -0.05) is 27.7 Å². The van der Waals surface area contributed by atoms with Gasteiger partial charge in [0.15, 0.2) is 0 Å². The van der Waals surface area contributed by atoms with Gasteiger partial charge in [-0.3, -0.25) is 14.4 Å². The summed E-state index contributed by atoms with van der Waals surface area (Å²) in [6.07, 6.45) is -0.806. The van der Waals surface area contributed by atoms with Gasteiger partial charge >= 0.3 is 5.97 Å². The van der Waals surface area contributed by atoms with Gasteiger partial charge in [0.25, 0.3) is 0 Å². The fourth-order valence-electron chi connectivity index (χ4n) is 2.30. The minimum absolute atomic E-state index is 0.177. The van der Waals surface area contributed by atoms with E-state index in [0.717, 1.165) is 0 Å². The van der Waals surface area contributed by atoms with Crippen LogP contribution in [-0.4, -0.2) is 64.7 Å². The van der Waals surface area contributed by atoms with E-state index in [9.17, 15) is 24.3 Å². The van der Waals surface area contributed by atoms with Crippen LogP contribution in [0.1, 0.15) is 41.0 Å². The SMILES string of the molecule is CC(C)CC(N)C(=O)NC(C(=O)NCC(=O)NC(C(=O)O)C(C)C)C(C)O. The van der Waals surface area contributed by atoms with Crippen molar-refractivity contribution in [1.82, 2.24) is 16.0 Å². The highest BCUT2D eigenvalue weighted by Gasteiger charge is 2.29. The molecule has 3 amide bonds. The third-order valence-corrected chi connectivity index (χ3v) is 3.80. The van der Waals surface area contributed by atoms with Gasteiger partial charge in [-0.05, 0) is 25.2 Å². The first-order valence-electron chi connectivity index (χ1n) is 8.90. The van der Waals surface area contributed by atoms with Gasteiger partial charge in [0, 0.05) is 0 Å². The van der Waals surface area contributed by atoms with E-state index >= 15 is 0 Å². The first-order chi connectivity index (χ1) is 12.4. The van der Waals surface area contributed by atoms with Crippen molar-refractivity contribution in [3.05, 3.63) is 0 Å². The lowest BCUT2D eigenvalue weighted by molar-refractivity contribution is -0.143. The number of aliphatic carboxylic acids is 1. The average molecular weight is 388 g/mol. The van der Waals surface area contributed by atoms with Gasteiger partial charge in [0.05, 0.1) is 18.7 Å². The molecule has 0 aliphatic rings. The van der Waals surface area contributed by atoms with Crippen molar-refractivity contribution < 1.29 is 29.4 Å². The molecule has 0 fully saturated rings. The standard InChI is InChI=1S/C17H32N4O6/c1-8(2)6-11(18)15(24)21-14(10(5)22)16(25)19-7-12(23)20-13(9(3)4)17(26)27/h8-11,13-14,22H,6-7,18H2,1-5H3,(H,19,25)(H,20,23)(H,21,24)(H,26,27). The molecule has 0 bridgehead atoms. The molecule has 27 heavy (non-hydrogen) atoms. The first kappa shape index (κ1) is 24.8. The van der Waals surface area contributed by atoms with Crippen LogP contribution in [-0.2, 0) is 19.2 Å². The number of aliphatic hydroxyl groups is 1. The Hall–Kier alpha value is -2.20. The summed E-state index contributed by atoms with van der Waals surface area (Å²) in [4.78, 5) is 47.2. The van der Waals surface area contributed by atoms with Crippen molar-refractivity contribution in [1.29, 1.82) is 0 Å². The number of carboxylic acid groups (broad SMARTS) is 1. The van der Waals surface area contributed by atoms with Gasteiger partial charge in [0.2, 0.25) is 17.7 Å². The molecule has 4 unspecified atom stereocenters. The second-order valence-corrected chi connectivity index (χ2v) is 7.31. The summed E-state index contributed by atoms with van der Waals surface area (Å²) >= 11 is 0. The second-order valence-electron chi connectivity index (χ2n) is 7.31. The van der Waals surface area contributed by atoms with Crippen molar-refractivity contribution in [3.8, 4) is 0 Å². The molecule has 0 heterocycles. The van der Waals surface area contributed by atoms with Crippen molar-refractivity contribution >= 4 is 23.7 Å². The van der Waals surface area contributed by atoms with Gasteiger partial charge in [-0.2, -0.15) is 0 Å². The van der Waals surface area contributed by atoms with Crippen LogP contribution in [0.3, 0.4) is 0 Å².